The van der Waals surface area contributed by atoms with E-state index in [2.05, 4.69) is 10.3 Å². The Hall–Kier alpha value is -1.79. The average Bonchev–Trinajstić information content (AvgIpc) is 2.33. The lowest BCUT2D eigenvalue weighted by Gasteiger charge is -2.30. The topological polar surface area (TPSA) is 98.0 Å². The maximum atomic E-state index is 11.5. The van der Waals surface area contributed by atoms with Gasteiger partial charge in [0.05, 0.1) is 0 Å². The van der Waals surface area contributed by atoms with E-state index in [-0.39, 0.29) is 5.84 Å². The van der Waals surface area contributed by atoms with Gasteiger partial charge < -0.3 is 4.90 Å². The number of carbonyl (C=O) groups excluding carboxylic acids is 2. The number of piperidine rings is 1. The van der Waals surface area contributed by atoms with Crippen LogP contribution < -0.4 is 5.43 Å². The first kappa shape index (κ1) is 10.7. The fourth-order valence-corrected chi connectivity index (χ4v) is 1.85. The van der Waals surface area contributed by atoms with Crippen LogP contribution in [0.25, 0.3) is 0 Å². The summed E-state index contributed by atoms with van der Waals surface area (Å²) in [6, 6.07) is -1.05. The quantitative estimate of drug-likeness (QED) is 0.368. The Labute approximate surface area is 92.4 Å². The molecule has 2 aliphatic heterocycles. The van der Waals surface area contributed by atoms with Crippen molar-refractivity contribution in [1.29, 1.82) is 5.41 Å². The van der Waals surface area contributed by atoms with Gasteiger partial charge in [-0.15, -0.1) is 0 Å². The molecule has 86 valence electrons. The lowest BCUT2D eigenvalue weighted by molar-refractivity contribution is -0.139. The standard InChI is InChI=1S/C9H13N5O2/c10-8(14-4-2-1-3-5-14)6-7(15)9(16)12-13-11-6/h6,10H,1-5H2,(H,11,12,16). The molecule has 1 amide bonds. The van der Waals surface area contributed by atoms with Gasteiger partial charge in [0.2, 0.25) is 0 Å². The van der Waals surface area contributed by atoms with Crippen LogP contribution in [0, 0.1) is 5.41 Å². The van der Waals surface area contributed by atoms with Gasteiger partial charge in [-0.1, -0.05) is 5.22 Å². The van der Waals surface area contributed by atoms with Crippen molar-refractivity contribution in [2.45, 2.75) is 25.3 Å². The molecule has 0 saturated carbocycles. The fourth-order valence-electron chi connectivity index (χ4n) is 1.85. The minimum Gasteiger partial charge on any atom is -0.358 e. The molecule has 0 aromatic rings. The van der Waals surface area contributed by atoms with E-state index in [9.17, 15) is 9.59 Å². The van der Waals surface area contributed by atoms with Crippen LogP contribution in [0.15, 0.2) is 10.3 Å². The Morgan fingerprint density at radius 3 is 2.69 bits per heavy atom. The first-order chi connectivity index (χ1) is 7.70. The normalized spacial score (nSPS) is 25.5. The molecule has 1 atom stereocenters. The highest BCUT2D eigenvalue weighted by Crippen LogP contribution is 2.13. The van der Waals surface area contributed by atoms with Crippen molar-refractivity contribution < 1.29 is 9.59 Å². The van der Waals surface area contributed by atoms with Crippen molar-refractivity contribution in [3.8, 4) is 0 Å². The highest BCUT2D eigenvalue weighted by molar-refractivity contribution is 6.42. The van der Waals surface area contributed by atoms with Crippen molar-refractivity contribution in [1.82, 2.24) is 10.3 Å². The smallest absolute Gasteiger partial charge is 0.311 e. The van der Waals surface area contributed by atoms with Gasteiger partial charge in [0.25, 0.3) is 5.78 Å². The van der Waals surface area contributed by atoms with Gasteiger partial charge >= 0.3 is 5.91 Å². The molecule has 0 bridgehead atoms. The zero-order valence-corrected chi connectivity index (χ0v) is 8.77. The molecular weight excluding hydrogens is 210 g/mol. The Morgan fingerprint density at radius 2 is 2.00 bits per heavy atom. The molecule has 1 unspecified atom stereocenters. The first-order valence-corrected chi connectivity index (χ1v) is 5.27. The van der Waals surface area contributed by atoms with Crippen LogP contribution in [0.4, 0.5) is 0 Å². The van der Waals surface area contributed by atoms with Gasteiger partial charge in [0.15, 0.2) is 6.04 Å². The number of nitrogens with zero attached hydrogens (tertiary/aromatic N) is 3. The number of Topliss-reactive ketones (excluding diaryl/α,β-unsaturated/α-hetero) is 1. The SMILES string of the molecule is N=C(C1N=NNC(=O)C1=O)N1CCCCC1. The van der Waals surface area contributed by atoms with E-state index in [1.807, 2.05) is 5.43 Å². The summed E-state index contributed by atoms with van der Waals surface area (Å²) in [5.41, 5.74) is 1.97. The monoisotopic (exact) mass is 223 g/mol. The van der Waals surface area contributed by atoms with E-state index < -0.39 is 17.7 Å². The third-order valence-corrected chi connectivity index (χ3v) is 2.75. The summed E-state index contributed by atoms with van der Waals surface area (Å²) in [5.74, 6) is -1.41. The van der Waals surface area contributed by atoms with Crippen LogP contribution in [-0.4, -0.2) is 41.6 Å². The fraction of sp³-hybridized carbons (Fsp3) is 0.667. The number of hydrogen-bond acceptors (Lipinski definition) is 5. The van der Waals surface area contributed by atoms with Crippen molar-refractivity contribution in [2.75, 3.05) is 13.1 Å². The molecule has 0 aromatic heterocycles. The first-order valence-electron chi connectivity index (χ1n) is 5.27. The third kappa shape index (κ3) is 1.93. The Morgan fingerprint density at radius 1 is 1.31 bits per heavy atom. The number of rotatable bonds is 1. The van der Waals surface area contributed by atoms with Crippen molar-refractivity contribution in [3.05, 3.63) is 0 Å². The maximum Gasteiger partial charge on any atom is 0.311 e. The highest BCUT2D eigenvalue weighted by atomic mass is 16.2. The third-order valence-electron chi connectivity index (χ3n) is 2.75. The molecular formula is C9H13N5O2. The lowest BCUT2D eigenvalue weighted by atomic mass is 10.1. The zero-order chi connectivity index (χ0) is 11.5. The van der Waals surface area contributed by atoms with Crippen LogP contribution in [-0.2, 0) is 9.59 Å². The van der Waals surface area contributed by atoms with Gasteiger partial charge in [-0.2, -0.15) is 5.11 Å². The van der Waals surface area contributed by atoms with E-state index >= 15 is 0 Å². The lowest BCUT2D eigenvalue weighted by Crippen LogP contribution is -2.49. The van der Waals surface area contributed by atoms with E-state index in [1.165, 1.54) is 0 Å². The second-order valence-electron chi connectivity index (χ2n) is 3.86. The second kappa shape index (κ2) is 4.38. The van der Waals surface area contributed by atoms with E-state index in [0.29, 0.717) is 0 Å². The summed E-state index contributed by atoms with van der Waals surface area (Å²) in [7, 11) is 0. The Kier molecular flexibility index (Phi) is 2.93. The van der Waals surface area contributed by atoms with Gasteiger partial charge in [-0.3, -0.25) is 15.0 Å². The number of amidine groups is 1. The van der Waals surface area contributed by atoms with Crippen molar-refractivity contribution in [2.24, 2.45) is 10.3 Å². The molecule has 2 rings (SSSR count). The van der Waals surface area contributed by atoms with Crippen LogP contribution >= 0.6 is 0 Å². The predicted octanol–water partition coefficient (Wildman–Crippen LogP) is -0.116. The molecule has 0 spiro atoms. The van der Waals surface area contributed by atoms with Gasteiger partial charge in [0, 0.05) is 13.1 Å². The van der Waals surface area contributed by atoms with Crippen LogP contribution in [0.2, 0.25) is 0 Å². The molecule has 1 saturated heterocycles. The average molecular weight is 223 g/mol. The number of nitrogens with one attached hydrogen (secondary N) is 2. The summed E-state index contributed by atoms with van der Waals surface area (Å²) in [4.78, 5) is 24.3. The molecule has 2 heterocycles. The van der Waals surface area contributed by atoms with Gasteiger partial charge in [0.1, 0.15) is 5.84 Å². The van der Waals surface area contributed by atoms with Crippen molar-refractivity contribution in [3.63, 3.8) is 0 Å². The van der Waals surface area contributed by atoms with E-state index in [1.54, 1.807) is 4.90 Å². The van der Waals surface area contributed by atoms with Crippen molar-refractivity contribution >= 4 is 17.5 Å². The Bertz CT molecular complexity index is 359. The number of ketones is 1. The number of carbonyl (C=O) groups is 2. The summed E-state index contributed by atoms with van der Waals surface area (Å²) in [5, 5.41) is 14.8. The molecule has 7 heteroatoms. The minimum atomic E-state index is -1.05. The minimum absolute atomic E-state index is 0.0864. The molecule has 7 nitrogen and oxygen atoms in total. The van der Waals surface area contributed by atoms with E-state index in [4.69, 9.17) is 5.41 Å². The van der Waals surface area contributed by atoms with E-state index in [0.717, 1.165) is 32.4 Å². The maximum absolute atomic E-state index is 11.5. The Balaban J connectivity index is 2.08. The number of hydrogen-bond donors (Lipinski definition) is 2. The molecule has 16 heavy (non-hydrogen) atoms. The highest BCUT2D eigenvalue weighted by Gasteiger charge is 2.34. The predicted molar refractivity (Wildman–Crippen MR) is 54.9 cm³/mol. The number of likely N-dealkylation sites (tertiary alicyclic amines) is 1. The zero-order valence-electron chi connectivity index (χ0n) is 8.77. The summed E-state index contributed by atoms with van der Waals surface area (Å²) in [6.07, 6.45) is 3.16. The molecule has 2 aliphatic rings. The van der Waals surface area contributed by atoms with Gasteiger partial charge in [-0.05, 0) is 19.3 Å². The summed E-state index contributed by atoms with van der Waals surface area (Å²) < 4.78 is 0. The van der Waals surface area contributed by atoms with Crippen LogP contribution in [0.5, 0.6) is 0 Å². The second-order valence-corrected chi connectivity index (χ2v) is 3.86. The molecule has 1 fully saturated rings. The largest absolute Gasteiger partial charge is 0.358 e. The molecule has 2 N–H and O–H groups in total. The number of amides is 1. The van der Waals surface area contributed by atoms with Crippen LogP contribution in [0.1, 0.15) is 19.3 Å². The summed E-state index contributed by atoms with van der Waals surface area (Å²) >= 11 is 0. The molecule has 0 aliphatic carbocycles. The van der Waals surface area contributed by atoms with Gasteiger partial charge in [-0.25, -0.2) is 5.43 Å². The summed E-state index contributed by atoms with van der Waals surface area (Å²) in [6.45, 7) is 1.50. The molecule has 0 radical (unpaired) electrons. The molecule has 0 aromatic carbocycles. The van der Waals surface area contributed by atoms with Crippen LogP contribution in [0.3, 0.4) is 0 Å².